The number of ether oxygens (including phenoxy) is 1. The Morgan fingerprint density at radius 2 is 2.11 bits per heavy atom. The van der Waals surface area contributed by atoms with E-state index in [0.717, 1.165) is 0 Å². The zero-order valence-electron chi connectivity index (χ0n) is 10.9. The molecular weight excluding hydrogens is 251 g/mol. The molecule has 0 aliphatic heterocycles. The Morgan fingerprint density at radius 1 is 1.42 bits per heavy atom. The highest BCUT2D eigenvalue weighted by Gasteiger charge is 2.09. The van der Waals surface area contributed by atoms with E-state index in [1.165, 1.54) is 24.3 Å². The van der Waals surface area contributed by atoms with E-state index >= 15 is 0 Å². The fourth-order valence-corrected chi connectivity index (χ4v) is 1.58. The number of hydrogen-bond donors (Lipinski definition) is 3. The highest BCUT2D eigenvalue weighted by Crippen LogP contribution is 2.07. The lowest BCUT2D eigenvalue weighted by Crippen LogP contribution is -2.39. The normalized spacial score (nSPS) is 12.2. The first kappa shape index (κ1) is 15.6. The second-order valence-electron chi connectivity index (χ2n) is 4.10. The average molecular weight is 270 g/mol. The summed E-state index contributed by atoms with van der Waals surface area (Å²) in [6.07, 6.45) is 0.512. The summed E-state index contributed by atoms with van der Waals surface area (Å²) in [5, 5.41) is 14.5. The Kier molecular flexibility index (Phi) is 7.02. The van der Waals surface area contributed by atoms with Crippen LogP contribution in [0.3, 0.4) is 0 Å². The number of aliphatic hydroxyl groups excluding tert-OH is 1. The van der Waals surface area contributed by atoms with Crippen molar-refractivity contribution in [1.82, 2.24) is 5.32 Å². The van der Waals surface area contributed by atoms with Gasteiger partial charge in [-0.05, 0) is 30.7 Å². The smallest absolute Gasteiger partial charge is 0.238 e. The van der Waals surface area contributed by atoms with Crippen molar-refractivity contribution in [2.45, 2.75) is 12.5 Å². The molecule has 1 rings (SSSR count). The number of halogens is 1. The fraction of sp³-hybridized carbons (Fsp3) is 0.462. The van der Waals surface area contributed by atoms with Gasteiger partial charge >= 0.3 is 0 Å². The van der Waals surface area contributed by atoms with Gasteiger partial charge in [0.1, 0.15) is 5.82 Å². The van der Waals surface area contributed by atoms with Crippen molar-refractivity contribution in [2.24, 2.45) is 0 Å². The van der Waals surface area contributed by atoms with E-state index in [9.17, 15) is 9.18 Å². The first-order valence-electron chi connectivity index (χ1n) is 6.04. The Bertz CT molecular complexity index is 378. The summed E-state index contributed by atoms with van der Waals surface area (Å²) in [6, 6.07) is 5.47. The third kappa shape index (κ3) is 6.28. The summed E-state index contributed by atoms with van der Waals surface area (Å²) >= 11 is 0. The molecule has 1 aromatic rings. The Morgan fingerprint density at radius 3 is 2.68 bits per heavy atom. The number of carbonyl (C=O) groups excluding carboxylic acids is 1. The van der Waals surface area contributed by atoms with Crippen LogP contribution in [0.1, 0.15) is 6.42 Å². The molecule has 1 aromatic carbocycles. The molecule has 0 aromatic heterocycles. The van der Waals surface area contributed by atoms with Gasteiger partial charge in [-0.25, -0.2) is 4.39 Å². The zero-order chi connectivity index (χ0) is 14.1. The van der Waals surface area contributed by atoms with Gasteiger partial charge in [0.15, 0.2) is 0 Å². The maximum atomic E-state index is 12.7. The summed E-state index contributed by atoms with van der Waals surface area (Å²) in [5.41, 5.74) is 0.540. The molecule has 0 spiro atoms. The number of aliphatic hydroxyl groups is 1. The van der Waals surface area contributed by atoms with Crippen molar-refractivity contribution in [3.63, 3.8) is 0 Å². The second-order valence-corrected chi connectivity index (χ2v) is 4.10. The van der Waals surface area contributed by atoms with Gasteiger partial charge in [0, 0.05) is 25.4 Å². The van der Waals surface area contributed by atoms with Gasteiger partial charge in [-0.1, -0.05) is 0 Å². The minimum absolute atomic E-state index is 0.0284. The number of nitrogens with one attached hydrogen (secondary N) is 2. The van der Waals surface area contributed by atoms with E-state index in [2.05, 4.69) is 10.6 Å². The maximum Gasteiger partial charge on any atom is 0.238 e. The van der Waals surface area contributed by atoms with Gasteiger partial charge in [-0.3, -0.25) is 4.79 Å². The van der Waals surface area contributed by atoms with Gasteiger partial charge in [0.25, 0.3) is 0 Å². The zero-order valence-corrected chi connectivity index (χ0v) is 10.9. The number of carbonyl (C=O) groups is 1. The molecule has 1 atom stereocenters. The summed E-state index contributed by atoms with van der Waals surface area (Å²) in [4.78, 5) is 11.6. The molecule has 0 aliphatic carbocycles. The first-order valence-corrected chi connectivity index (χ1v) is 6.04. The quantitative estimate of drug-likeness (QED) is 0.652. The van der Waals surface area contributed by atoms with Crippen LogP contribution in [0.4, 0.5) is 10.1 Å². The van der Waals surface area contributed by atoms with Crippen molar-refractivity contribution >= 4 is 11.6 Å². The summed E-state index contributed by atoms with van der Waals surface area (Å²) in [7, 11) is 1.56. The van der Waals surface area contributed by atoms with Crippen LogP contribution in [0, 0.1) is 5.82 Å². The summed E-state index contributed by atoms with van der Waals surface area (Å²) < 4.78 is 17.7. The lowest BCUT2D eigenvalue weighted by atomic mass is 10.2. The average Bonchev–Trinajstić information content (AvgIpc) is 2.39. The molecule has 0 saturated carbocycles. The molecule has 1 amide bonds. The van der Waals surface area contributed by atoms with E-state index in [0.29, 0.717) is 18.7 Å². The van der Waals surface area contributed by atoms with Gasteiger partial charge < -0.3 is 20.5 Å². The highest BCUT2D eigenvalue weighted by molar-refractivity contribution is 5.92. The molecule has 0 heterocycles. The number of hydrogen-bond acceptors (Lipinski definition) is 4. The van der Waals surface area contributed by atoms with Crippen LogP contribution in [0.15, 0.2) is 24.3 Å². The Labute approximate surface area is 111 Å². The minimum Gasteiger partial charge on any atom is -0.396 e. The fourth-order valence-electron chi connectivity index (χ4n) is 1.58. The monoisotopic (exact) mass is 270 g/mol. The van der Waals surface area contributed by atoms with Crippen LogP contribution >= 0.6 is 0 Å². The van der Waals surface area contributed by atoms with Crippen LogP contribution in [-0.2, 0) is 9.53 Å². The molecule has 0 saturated heterocycles. The number of amides is 1. The molecule has 0 aliphatic rings. The van der Waals surface area contributed by atoms with Crippen LogP contribution in [0.25, 0.3) is 0 Å². The number of anilines is 1. The largest absolute Gasteiger partial charge is 0.396 e. The van der Waals surface area contributed by atoms with E-state index < -0.39 is 0 Å². The molecule has 0 fully saturated rings. The second kappa shape index (κ2) is 8.58. The molecule has 3 N–H and O–H groups in total. The van der Waals surface area contributed by atoms with Gasteiger partial charge in [-0.15, -0.1) is 0 Å². The molecule has 19 heavy (non-hydrogen) atoms. The van der Waals surface area contributed by atoms with Crippen molar-refractivity contribution < 1.29 is 19.0 Å². The van der Waals surface area contributed by atoms with E-state index in [1.807, 2.05) is 0 Å². The highest BCUT2D eigenvalue weighted by atomic mass is 19.1. The topological polar surface area (TPSA) is 70.6 Å². The SMILES string of the molecule is COCC(CCO)NCC(=O)Nc1ccc(F)cc1. The molecule has 6 heteroatoms. The van der Waals surface area contributed by atoms with Gasteiger partial charge in [-0.2, -0.15) is 0 Å². The van der Waals surface area contributed by atoms with E-state index in [4.69, 9.17) is 9.84 Å². The van der Waals surface area contributed by atoms with Crippen molar-refractivity contribution in [1.29, 1.82) is 0 Å². The summed E-state index contributed by atoms with van der Waals surface area (Å²) in [5.74, 6) is -0.579. The van der Waals surface area contributed by atoms with Gasteiger partial charge in [0.05, 0.1) is 13.2 Å². The van der Waals surface area contributed by atoms with Crippen molar-refractivity contribution in [3.8, 4) is 0 Å². The third-order valence-corrected chi connectivity index (χ3v) is 2.52. The van der Waals surface area contributed by atoms with Crippen LogP contribution < -0.4 is 10.6 Å². The Balaban J connectivity index is 2.35. The van der Waals surface area contributed by atoms with E-state index in [-0.39, 0.29) is 30.9 Å². The van der Waals surface area contributed by atoms with Crippen molar-refractivity contribution in [2.75, 3.05) is 32.2 Å². The number of rotatable bonds is 8. The van der Waals surface area contributed by atoms with Crippen LogP contribution in [0.2, 0.25) is 0 Å². The van der Waals surface area contributed by atoms with Crippen LogP contribution in [-0.4, -0.2) is 43.9 Å². The lowest BCUT2D eigenvalue weighted by Gasteiger charge is -2.16. The number of benzene rings is 1. The van der Waals surface area contributed by atoms with E-state index in [1.54, 1.807) is 7.11 Å². The summed E-state index contributed by atoms with van der Waals surface area (Å²) in [6.45, 7) is 0.552. The Hall–Kier alpha value is -1.50. The van der Waals surface area contributed by atoms with Crippen molar-refractivity contribution in [3.05, 3.63) is 30.1 Å². The molecule has 106 valence electrons. The minimum atomic E-state index is -0.348. The predicted octanol–water partition coefficient (Wildman–Crippen LogP) is 0.751. The van der Waals surface area contributed by atoms with Gasteiger partial charge in [0.2, 0.25) is 5.91 Å². The van der Waals surface area contributed by atoms with Crippen LogP contribution in [0.5, 0.6) is 0 Å². The third-order valence-electron chi connectivity index (χ3n) is 2.52. The first-order chi connectivity index (χ1) is 9.15. The maximum absolute atomic E-state index is 12.7. The molecule has 0 bridgehead atoms. The molecule has 0 radical (unpaired) electrons. The molecular formula is C13H19FN2O3. The molecule has 1 unspecified atom stereocenters. The lowest BCUT2D eigenvalue weighted by molar-refractivity contribution is -0.115. The predicted molar refractivity (Wildman–Crippen MR) is 70.4 cm³/mol. The standard InChI is InChI=1S/C13H19FN2O3/c1-19-9-12(6-7-17)15-8-13(18)16-11-4-2-10(14)3-5-11/h2-5,12,15,17H,6-9H2,1H3,(H,16,18). The molecule has 5 nitrogen and oxygen atoms in total. The number of methoxy groups -OCH3 is 1.